The van der Waals surface area contributed by atoms with E-state index >= 15 is 0 Å². The lowest BCUT2D eigenvalue weighted by molar-refractivity contribution is -0.136. The topological polar surface area (TPSA) is 69.4 Å². The van der Waals surface area contributed by atoms with Gasteiger partial charge < -0.3 is 9.15 Å². The summed E-state index contributed by atoms with van der Waals surface area (Å²) in [6.07, 6.45) is 2.85. The lowest BCUT2D eigenvalue weighted by Crippen LogP contribution is -2.11. The highest BCUT2D eigenvalue weighted by Gasteiger charge is 2.14. The van der Waals surface area contributed by atoms with Crippen molar-refractivity contribution in [2.75, 3.05) is 6.61 Å². The van der Waals surface area contributed by atoms with E-state index in [2.05, 4.69) is 4.98 Å². The van der Waals surface area contributed by atoms with E-state index in [0.29, 0.717) is 10.6 Å². The van der Waals surface area contributed by atoms with Crippen molar-refractivity contribution >= 4 is 50.4 Å². The molecule has 26 heavy (non-hydrogen) atoms. The predicted molar refractivity (Wildman–Crippen MR) is 100 cm³/mol. The van der Waals surface area contributed by atoms with E-state index in [-0.39, 0.29) is 18.2 Å². The quantitative estimate of drug-likeness (QED) is 0.297. The van der Waals surface area contributed by atoms with Gasteiger partial charge in [0.05, 0.1) is 10.2 Å². The Bertz CT molecular complexity index is 1070. The third-order valence-corrected chi connectivity index (χ3v) is 4.72. The van der Waals surface area contributed by atoms with Gasteiger partial charge in [0.2, 0.25) is 5.78 Å². The van der Waals surface area contributed by atoms with Crippen LogP contribution < -0.4 is 0 Å². The summed E-state index contributed by atoms with van der Waals surface area (Å²) >= 11 is 1.48. The third kappa shape index (κ3) is 3.41. The van der Waals surface area contributed by atoms with E-state index < -0.39 is 5.97 Å². The highest BCUT2D eigenvalue weighted by Crippen LogP contribution is 2.22. The van der Waals surface area contributed by atoms with Crippen LogP contribution in [0, 0.1) is 0 Å². The number of benzene rings is 2. The van der Waals surface area contributed by atoms with Crippen molar-refractivity contribution in [3.8, 4) is 0 Å². The molecule has 0 spiro atoms. The van der Waals surface area contributed by atoms with Gasteiger partial charge in [-0.3, -0.25) is 4.79 Å². The zero-order valence-corrected chi connectivity index (χ0v) is 14.4. The van der Waals surface area contributed by atoms with E-state index in [9.17, 15) is 9.59 Å². The molecule has 4 rings (SSSR count). The number of hydrogen-bond acceptors (Lipinski definition) is 6. The van der Waals surface area contributed by atoms with Crippen molar-refractivity contribution < 1.29 is 18.7 Å². The van der Waals surface area contributed by atoms with Crippen LogP contribution in [0.25, 0.3) is 27.3 Å². The minimum atomic E-state index is -0.603. The van der Waals surface area contributed by atoms with Gasteiger partial charge in [0.25, 0.3) is 0 Å². The number of carbonyl (C=O) groups is 2. The molecule has 0 N–H and O–H groups in total. The van der Waals surface area contributed by atoms with E-state index in [1.807, 2.05) is 42.5 Å². The van der Waals surface area contributed by atoms with Gasteiger partial charge in [-0.2, -0.15) is 0 Å². The molecule has 0 fully saturated rings. The molecule has 128 valence electrons. The Kier molecular flexibility index (Phi) is 4.33. The first-order valence-corrected chi connectivity index (χ1v) is 8.73. The highest BCUT2D eigenvalue weighted by atomic mass is 32.1. The summed E-state index contributed by atoms with van der Waals surface area (Å²) in [6.45, 7) is -0.372. The van der Waals surface area contributed by atoms with Crippen molar-refractivity contribution in [2.45, 2.75) is 0 Å². The maximum Gasteiger partial charge on any atom is 0.331 e. The van der Waals surface area contributed by atoms with Crippen LogP contribution >= 0.6 is 11.3 Å². The van der Waals surface area contributed by atoms with Crippen molar-refractivity contribution in [1.82, 2.24) is 4.98 Å². The molecule has 0 atom stereocenters. The smallest absolute Gasteiger partial charge is 0.331 e. The third-order valence-electron chi connectivity index (χ3n) is 3.72. The van der Waals surface area contributed by atoms with Gasteiger partial charge in [0, 0.05) is 11.5 Å². The van der Waals surface area contributed by atoms with Crippen LogP contribution in [0.2, 0.25) is 0 Å². The Hall–Kier alpha value is -3.25. The number of furan rings is 1. The average Bonchev–Trinajstić information content (AvgIpc) is 3.27. The lowest BCUT2D eigenvalue weighted by atomic mass is 10.2. The second kappa shape index (κ2) is 6.93. The number of nitrogens with zero attached hydrogens (tertiary/aromatic N) is 1. The number of rotatable bonds is 5. The second-order valence-corrected chi connectivity index (χ2v) is 6.59. The van der Waals surface area contributed by atoms with E-state index in [1.54, 1.807) is 18.2 Å². The molecule has 0 unspecified atom stereocenters. The largest absolute Gasteiger partial charge is 0.454 e. The Morgan fingerprint density at radius 3 is 2.77 bits per heavy atom. The van der Waals surface area contributed by atoms with Crippen LogP contribution in [0.4, 0.5) is 0 Å². The molecule has 0 bridgehead atoms. The van der Waals surface area contributed by atoms with Gasteiger partial charge >= 0.3 is 5.97 Å². The lowest BCUT2D eigenvalue weighted by Gasteiger charge is -1.98. The molecule has 5 nitrogen and oxygen atoms in total. The molecule has 2 aromatic heterocycles. The molecule has 0 aliphatic carbocycles. The first kappa shape index (κ1) is 16.2. The molecule has 0 saturated heterocycles. The molecule has 0 aliphatic heterocycles. The number of para-hydroxylation sites is 2. The molecular weight excluding hydrogens is 350 g/mol. The fourth-order valence-electron chi connectivity index (χ4n) is 2.48. The number of hydrogen-bond donors (Lipinski definition) is 0. The molecule has 0 radical (unpaired) electrons. The summed E-state index contributed by atoms with van der Waals surface area (Å²) in [5.74, 6) is -0.814. The van der Waals surface area contributed by atoms with Crippen molar-refractivity contribution in [1.29, 1.82) is 0 Å². The fourth-order valence-corrected chi connectivity index (χ4v) is 3.35. The normalized spacial score (nSPS) is 11.4. The highest BCUT2D eigenvalue weighted by molar-refractivity contribution is 7.19. The summed E-state index contributed by atoms with van der Waals surface area (Å²) < 4.78 is 11.5. The number of thiazole rings is 1. The second-order valence-electron chi connectivity index (χ2n) is 5.53. The van der Waals surface area contributed by atoms with Gasteiger partial charge in [0.15, 0.2) is 12.4 Å². The van der Waals surface area contributed by atoms with Gasteiger partial charge in [-0.25, -0.2) is 9.78 Å². The van der Waals surface area contributed by atoms with Crippen LogP contribution in [0.5, 0.6) is 0 Å². The Morgan fingerprint density at radius 2 is 1.92 bits per heavy atom. The van der Waals surface area contributed by atoms with Crippen LogP contribution in [0.15, 0.2) is 65.1 Å². The van der Waals surface area contributed by atoms with Crippen LogP contribution in [-0.4, -0.2) is 23.3 Å². The molecule has 2 aromatic carbocycles. The van der Waals surface area contributed by atoms with Gasteiger partial charge in [-0.15, -0.1) is 11.3 Å². The number of ketones is 1. The maximum atomic E-state index is 12.1. The SMILES string of the molecule is O=C(/C=C/c1nc2ccccc2s1)OCC(=O)c1cc2ccccc2o1. The molecule has 2 heterocycles. The monoisotopic (exact) mass is 363 g/mol. The number of fused-ring (bicyclic) bond motifs is 2. The predicted octanol–water partition coefficient (Wildman–Crippen LogP) is 4.48. The molecule has 0 aliphatic rings. The summed E-state index contributed by atoms with van der Waals surface area (Å²) in [6, 6.07) is 16.7. The fraction of sp³-hybridized carbons (Fsp3) is 0.0500. The number of aromatic nitrogens is 1. The Morgan fingerprint density at radius 1 is 1.12 bits per heavy atom. The maximum absolute atomic E-state index is 12.1. The average molecular weight is 363 g/mol. The zero-order chi connectivity index (χ0) is 17.9. The standard InChI is InChI=1S/C20H13NO4S/c22-15(17-11-13-5-1-3-7-16(13)25-17)12-24-20(23)10-9-19-21-14-6-2-4-8-18(14)26-19/h1-11H,12H2/b10-9+. The first-order valence-electron chi connectivity index (χ1n) is 7.91. The molecule has 0 amide bonds. The number of carbonyl (C=O) groups excluding carboxylic acids is 2. The van der Waals surface area contributed by atoms with E-state index in [4.69, 9.17) is 9.15 Å². The minimum absolute atomic E-state index is 0.175. The van der Waals surface area contributed by atoms with Crippen LogP contribution in [0.3, 0.4) is 0 Å². The number of Topliss-reactive ketones (excluding diaryl/α,β-unsaturated/α-hetero) is 1. The van der Waals surface area contributed by atoms with Crippen LogP contribution in [-0.2, 0) is 9.53 Å². The molecule has 6 heteroatoms. The van der Waals surface area contributed by atoms with Gasteiger partial charge in [-0.1, -0.05) is 30.3 Å². The minimum Gasteiger partial charge on any atom is -0.454 e. The zero-order valence-electron chi connectivity index (χ0n) is 13.5. The van der Waals surface area contributed by atoms with E-state index in [0.717, 1.165) is 15.6 Å². The molecule has 0 saturated carbocycles. The summed E-state index contributed by atoms with van der Waals surface area (Å²) in [7, 11) is 0. The molecule has 4 aromatic rings. The molecular formula is C20H13NO4S. The van der Waals surface area contributed by atoms with Crippen molar-refractivity contribution in [2.24, 2.45) is 0 Å². The summed E-state index contributed by atoms with van der Waals surface area (Å²) in [5.41, 5.74) is 1.50. The van der Waals surface area contributed by atoms with Gasteiger partial charge in [0.1, 0.15) is 10.6 Å². The van der Waals surface area contributed by atoms with Crippen LogP contribution in [0.1, 0.15) is 15.6 Å². The van der Waals surface area contributed by atoms with E-state index in [1.165, 1.54) is 17.4 Å². The number of ether oxygens (including phenoxy) is 1. The Labute approximate surface area is 152 Å². The van der Waals surface area contributed by atoms with Crippen molar-refractivity contribution in [3.05, 3.63) is 71.4 Å². The first-order chi connectivity index (χ1) is 12.7. The summed E-state index contributed by atoms with van der Waals surface area (Å²) in [5, 5.41) is 1.53. The number of esters is 1. The van der Waals surface area contributed by atoms with Gasteiger partial charge in [-0.05, 0) is 30.3 Å². The summed E-state index contributed by atoms with van der Waals surface area (Å²) in [4.78, 5) is 28.3. The van der Waals surface area contributed by atoms with Crippen molar-refractivity contribution in [3.63, 3.8) is 0 Å². The Balaban J connectivity index is 1.37.